The molecule has 0 atom stereocenters. The van der Waals surface area contributed by atoms with Crippen LogP contribution in [0.5, 0.6) is 5.75 Å². The van der Waals surface area contributed by atoms with Crippen molar-refractivity contribution in [2.75, 3.05) is 14.1 Å². The van der Waals surface area contributed by atoms with Crippen molar-refractivity contribution < 1.29 is 14.3 Å². The molecular weight excluding hydrogens is 206 g/mol. The van der Waals surface area contributed by atoms with Crippen molar-refractivity contribution in [3.63, 3.8) is 0 Å². The number of carbonyl (C=O) groups is 2. The van der Waals surface area contributed by atoms with E-state index in [1.165, 1.54) is 0 Å². The largest absolute Gasteiger partial charge is 0.422 e. The first-order valence-electron chi connectivity index (χ1n) is 4.82. The molecule has 4 nitrogen and oxygen atoms in total. The summed E-state index contributed by atoms with van der Waals surface area (Å²) in [6.07, 6.45) is 2.43. The van der Waals surface area contributed by atoms with Crippen molar-refractivity contribution in [2.45, 2.75) is 0 Å². The molecule has 82 valence electrons. The van der Waals surface area contributed by atoms with Crippen LogP contribution < -0.4 is 4.74 Å². The summed E-state index contributed by atoms with van der Waals surface area (Å²) < 4.78 is 5.07. The number of aldehydes is 1. The summed E-state index contributed by atoms with van der Waals surface area (Å²) in [5, 5.41) is 0. The van der Waals surface area contributed by atoms with Crippen molar-refractivity contribution >= 4 is 17.8 Å². The number of carbonyl (C=O) groups excluding carboxylic acids is 2. The molecule has 0 radical (unpaired) electrons. The Balaban J connectivity index is 2.50. The molecule has 2 rings (SSSR count). The SMILES string of the molecule is CN(C)/C=C1/C(=O)Oc2cc(C=O)ccc21. The molecule has 1 heterocycles. The van der Waals surface area contributed by atoms with Crippen LogP contribution in [0.1, 0.15) is 15.9 Å². The van der Waals surface area contributed by atoms with Crippen LogP contribution in [0.4, 0.5) is 0 Å². The fourth-order valence-electron chi connectivity index (χ4n) is 1.56. The predicted octanol–water partition coefficient (Wildman–Crippen LogP) is 1.32. The highest BCUT2D eigenvalue weighted by atomic mass is 16.5. The van der Waals surface area contributed by atoms with Crippen LogP contribution in [0.15, 0.2) is 24.4 Å². The highest BCUT2D eigenvalue weighted by Gasteiger charge is 2.27. The molecule has 0 aliphatic carbocycles. The molecular formula is C12H11NO3. The summed E-state index contributed by atoms with van der Waals surface area (Å²) in [5.41, 5.74) is 1.74. The average Bonchev–Trinajstić information content (AvgIpc) is 2.54. The number of rotatable bonds is 2. The summed E-state index contributed by atoms with van der Waals surface area (Å²) in [4.78, 5) is 23.9. The van der Waals surface area contributed by atoms with Crippen LogP contribution in [0.25, 0.3) is 5.57 Å². The Morgan fingerprint density at radius 2 is 2.06 bits per heavy atom. The first-order valence-corrected chi connectivity index (χ1v) is 4.82. The van der Waals surface area contributed by atoms with Gasteiger partial charge in [-0.15, -0.1) is 0 Å². The number of nitrogens with zero attached hydrogens (tertiary/aromatic N) is 1. The van der Waals surface area contributed by atoms with E-state index in [1.807, 2.05) is 14.1 Å². The molecule has 0 saturated heterocycles. The van der Waals surface area contributed by atoms with Gasteiger partial charge >= 0.3 is 5.97 Å². The van der Waals surface area contributed by atoms with Gasteiger partial charge in [0.15, 0.2) is 0 Å². The summed E-state index contributed by atoms with van der Waals surface area (Å²) in [7, 11) is 3.66. The van der Waals surface area contributed by atoms with Gasteiger partial charge < -0.3 is 9.64 Å². The van der Waals surface area contributed by atoms with Gasteiger partial charge in [0.25, 0.3) is 0 Å². The topological polar surface area (TPSA) is 46.6 Å². The van der Waals surface area contributed by atoms with Gasteiger partial charge in [-0.1, -0.05) is 6.07 Å². The molecule has 1 aliphatic heterocycles. The van der Waals surface area contributed by atoms with Crippen LogP contribution in [0.2, 0.25) is 0 Å². The fraction of sp³-hybridized carbons (Fsp3) is 0.167. The van der Waals surface area contributed by atoms with E-state index in [-0.39, 0.29) is 5.97 Å². The third-order valence-corrected chi connectivity index (χ3v) is 2.24. The van der Waals surface area contributed by atoms with E-state index in [0.29, 0.717) is 16.9 Å². The Kier molecular flexibility index (Phi) is 2.48. The van der Waals surface area contributed by atoms with E-state index >= 15 is 0 Å². The maximum atomic E-state index is 11.6. The number of hydrogen-bond donors (Lipinski definition) is 0. The predicted molar refractivity (Wildman–Crippen MR) is 59.1 cm³/mol. The second kappa shape index (κ2) is 3.81. The smallest absolute Gasteiger partial charge is 0.345 e. The lowest BCUT2D eigenvalue weighted by Gasteiger charge is -2.05. The van der Waals surface area contributed by atoms with Crippen LogP contribution in [-0.4, -0.2) is 31.3 Å². The summed E-state index contributed by atoms with van der Waals surface area (Å²) in [6, 6.07) is 4.95. The molecule has 16 heavy (non-hydrogen) atoms. The van der Waals surface area contributed by atoms with Crippen molar-refractivity contribution in [1.29, 1.82) is 0 Å². The zero-order valence-electron chi connectivity index (χ0n) is 9.06. The minimum Gasteiger partial charge on any atom is -0.422 e. The van der Waals surface area contributed by atoms with Crippen molar-refractivity contribution in [3.05, 3.63) is 35.5 Å². The lowest BCUT2D eigenvalue weighted by molar-refractivity contribution is -0.127. The van der Waals surface area contributed by atoms with Gasteiger partial charge in [0.05, 0.1) is 5.57 Å². The van der Waals surface area contributed by atoms with Gasteiger partial charge in [0, 0.05) is 31.4 Å². The van der Waals surface area contributed by atoms with E-state index in [1.54, 1.807) is 29.3 Å². The minimum absolute atomic E-state index is 0.383. The third-order valence-electron chi connectivity index (χ3n) is 2.24. The Hall–Kier alpha value is -2.10. The normalized spacial score (nSPS) is 15.9. The van der Waals surface area contributed by atoms with Crippen molar-refractivity contribution in [1.82, 2.24) is 4.90 Å². The molecule has 0 spiro atoms. The Morgan fingerprint density at radius 3 is 2.69 bits per heavy atom. The molecule has 0 N–H and O–H groups in total. The van der Waals surface area contributed by atoms with Gasteiger partial charge in [0.1, 0.15) is 12.0 Å². The summed E-state index contributed by atoms with van der Waals surface area (Å²) >= 11 is 0. The lowest BCUT2D eigenvalue weighted by atomic mass is 10.1. The third kappa shape index (κ3) is 1.69. The van der Waals surface area contributed by atoms with E-state index < -0.39 is 0 Å². The average molecular weight is 217 g/mol. The standard InChI is InChI=1S/C12H11NO3/c1-13(2)6-10-9-4-3-8(7-14)5-11(9)16-12(10)15/h3-7H,1-2H3/b10-6+. The van der Waals surface area contributed by atoms with Gasteiger partial charge in [-0.05, 0) is 12.1 Å². The number of esters is 1. The van der Waals surface area contributed by atoms with Crippen LogP contribution >= 0.6 is 0 Å². The van der Waals surface area contributed by atoms with Crippen molar-refractivity contribution in [3.8, 4) is 5.75 Å². The molecule has 1 aromatic rings. The Bertz CT molecular complexity index is 489. The maximum Gasteiger partial charge on any atom is 0.345 e. The van der Waals surface area contributed by atoms with Gasteiger partial charge in [-0.25, -0.2) is 4.79 Å². The van der Waals surface area contributed by atoms with Gasteiger partial charge in [-0.3, -0.25) is 4.79 Å². The molecule has 0 fully saturated rings. The number of fused-ring (bicyclic) bond motifs is 1. The first-order chi connectivity index (χ1) is 7.61. The van der Waals surface area contributed by atoms with E-state index in [9.17, 15) is 9.59 Å². The zero-order valence-corrected chi connectivity index (χ0v) is 9.06. The Labute approximate surface area is 93.1 Å². The molecule has 1 aromatic carbocycles. The van der Waals surface area contributed by atoms with Crippen molar-refractivity contribution in [2.24, 2.45) is 0 Å². The van der Waals surface area contributed by atoms with E-state index in [4.69, 9.17) is 4.74 Å². The van der Waals surface area contributed by atoms with Crippen LogP contribution in [-0.2, 0) is 4.79 Å². The first kappa shape index (κ1) is 10.4. The summed E-state index contributed by atoms with van der Waals surface area (Å²) in [5.74, 6) is 0.0643. The molecule has 0 unspecified atom stereocenters. The fourth-order valence-corrected chi connectivity index (χ4v) is 1.56. The molecule has 0 aromatic heterocycles. The molecule has 1 aliphatic rings. The number of ether oxygens (including phenoxy) is 1. The second-order valence-electron chi connectivity index (χ2n) is 3.77. The lowest BCUT2D eigenvalue weighted by Crippen LogP contribution is -2.07. The van der Waals surface area contributed by atoms with Gasteiger partial charge in [-0.2, -0.15) is 0 Å². The Morgan fingerprint density at radius 1 is 1.31 bits per heavy atom. The van der Waals surface area contributed by atoms with Crippen LogP contribution in [0.3, 0.4) is 0 Å². The van der Waals surface area contributed by atoms with E-state index in [2.05, 4.69) is 0 Å². The maximum absolute atomic E-state index is 11.6. The van der Waals surface area contributed by atoms with E-state index in [0.717, 1.165) is 11.8 Å². The second-order valence-corrected chi connectivity index (χ2v) is 3.77. The molecule has 0 amide bonds. The molecule has 0 bridgehead atoms. The van der Waals surface area contributed by atoms with Crippen LogP contribution in [0, 0.1) is 0 Å². The highest BCUT2D eigenvalue weighted by Crippen LogP contribution is 2.34. The minimum atomic E-state index is -0.383. The van der Waals surface area contributed by atoms with Gasteiger partial charge in [0.2, 0.25) is 0 Å². The number of benzene rings is 1. The summed E-state index contributed by atoms with van der Waals surface area (Å²) in [6.45, 7) is 0. The molecule has 4 heteroatoms. The molecule has 0 saturated carbocycles. The quantitative estimate of drug-likeness (QED) is 0.324. The monoisotopic (exact) mass is 217 g/mol. The number of hydrogen-bond acceptors (Lipinski definition) is 4. The highest BCUT2D eigenvalue weighted by molar-refractivity contribution is 6.21. The zero-order chi connectivity index (χ0) is 11.7.